The van der Waals surface area contributed by atoms with E-state index in [4.69, 9.17) is 0 Å². The van der Waals surface area contributed by atoms with Gasteiger partial charge in [-0.2, -0.15) is 0 Å². The molecule has 2 heteroatoms. The van der Waals surface area contributed by atoms with Gasteiger partial charge < -0.3 is 10.2 Å². The first-order valence-electron chi connectivity index (χ1n) is 7.77. The molecule has 0 aromatic carbocycles. The number of nitrogens with one attached hydrogen (secondary N) is 1. The average Bonchev–Trinajstić information content (AvgIpc) is 2.93. The fraction of sp³-hybridized carbons (Fsp3) is 1.00. The lowest BCUT2D eigenvalue weighted by molar-refractivity contribution is 0.110. The van der Waals surface area contributed by atoms with E-state index in [2.05, 4.69) is 45.1 Å². The summed E-state index contributed by atoms with van der Waals surface area (Å²) in [5.41, 5.74) is 0.547. The van der Waals surface area contributed by atoms with Crippen molar-refractivity contribution in [2.45, 2.75) is 52.5 Å². The number of nitrogens with zero attached hydrogens (tertiary/aromatic N) is 1. The highest BCUT2D eigenvalue weighted by Crippen LogP contribution is 2.40. The van der Waals surface area contributed by atoms with Crippen LogP contribution in [0, 0.1) is 23.2 Å². The van der Waals surface area contributed by atoms with Crippen LogP contribution in [0.25, 0.3) is 0 Å². The minimum atomic E-state index is 0.547. The van der Waals surface area contributed by atoms with Crippen LogP contribution in [0.3, 0.4) is 0 Å². The van der Waals surface area contributed by atoms with Crippen LogP contribution in [0.5, 0.6) is 0 Å². The Morgan fingerprint density at radius 2 is 1.83 bits per heavy atom. The molecule has 4 unspecified atom stereocenters. The lowest BCUT2D eigenvalue weighted by atomic mass is 9.69. The lowest BCUT2D eigenvalue weighted by Gasteiger charge is -2.42. The Balaban J connectivity index is 1.84. The first-order chi connectivity index (χ1) is 8.41. The van der Waals surface area contributed by atoms with Crippen molar-refractivity contribution in [1.29, 1.82) is 0 Å². The fourth-order valence-electron chi connectivity index (χ4n) is 3.84. The van der Waals surface area contributed by atoms with Crippen LogP contribution >= 0.6 is 0 Å². The van der Waals surface area contributed by atoms with Crippen LogP contribution < -0.4 is 5.32 Å². The summed E-state index contributed by atoms with van der Waals surface area (Å²) >= 11 is 0. The van der Waals surface area contributed by atoms with E-state index in [0.717, 1.165) is 23.8 Å². The van der Waals surface area contributed by atoms with Crippen LogP contribution in [0.15, 0.2) is 0 Å². The third-order valence-electron chi connectivity index (χ3n) is 5.26. The molecule has 0 amide bonds. The standard InChI is InChI=1S/C16H32N2/c1-12-8-13(12)10-18(5)11-14-9-16(2,3)7-6-15(14)17-4/h12-15,17H,6-11H2,1-5H3. The van der Waals surface area contributed by atoms with Crippen molar-refractivity contribution in [1.82, 2.24) is 10.2 Å². The Morgan fingerprint density at radius 3 is 2.39 bits per heavy atom. The molecule has 2 aliphatic rings. The number of rotatable bonds is 5. The lowest BCUT2D eigenvalue weighted by Crippen LogP contribution is -2.46. The van der Waals surface area contributed by atoms with Gasteiger partial charge in [0.25, 0.3) is 0 Å². The Bertz CT molecular complexity index is 274. The van der Waals surface area contributed by atoms with E-state index in [1.54, 1.807) is 0 Å². The molecule has 0 aromatic heterocycles. The molecule has 2 nitrogen and oxygen atoms in total. The monoisotopic (exact) mass is 252 g/mol. The van der Waals surface area contributed by atoms with Gasteiger partial charge in [0.05, 0.1) is 0 Å². The van der Waals surface area contributed by atoms with Crippen molar-refractivity contribution in [2.75, 3.05) is 27.2 Å². The number of hydrogen-bond donors (Lipinski definition) is 1. The summed E-state index contributed by atoms with van der Waals surface area (Å²) in [6, 6.07) is 0.733. The second-order valence-corrected chi connectivity index (χ2v) is 7.76. The molecule has 0 saturated heterocycles. The molecule has 18 heavy (non-hydrogen) atoms. The Morgan fingerprint density at radius 1 is 1.22 bits per heavy atom. The second-order valence-electron chi connectivity index (χ2n) is 7.76. The van der Waals surface area contributed by atoms with Gasteiger partial charge in [-0.25, -0.2) is 0 Å². The summed E-state index contributed by atoms with van der Waals surface area (Å²) in [4.78, 5) is 2.59. The predicted molar refractivity (Wildman–Crippen MR) is 78.7 cm³/mol. The normalized spacial score (nSPS) is 39.0. The van der Waals surface area contributed by atoms with E-state index in [9.17, 15) is 0 Å². The average molecular weight is 252 g/mol. The molecule has 2 aliphatic carbocycles. The van der Waals surface area contributed by atoms with Gasteiger partial charge in [-0.15, -0.1) is 0 Å². The fourth-order valence-corrected chi connectivity index (χ4v) is 3.84. The second kappa shape index (κ2) is 5.50. The van der Waals surface area contributed by atoms with Crippen molar-refractivity contribution in [3.05, 3.63) is 0 Å². The molecular formula is C16H32N2. The quantitative estimate of drug-likeness (QED) is 0.809. The molecule has 2 fully saturated rings. The third-order valence-corrected chi connectivity index (χ3v) is 5.26. The Kier molecular flexibility index (Phi) is 4.38. The van der Waals surface area contributed by atoms with Gasteiger partial charge in [-0.1, -0.05) is 20.8 Å². The third kappa shape index (κ3) is 3.71. The molecule has 4 atom stereocenters. The first kappa shape index (κ1) is 14.3. The zero-order valence-electron chi connectivity index (χ0n) is 13.0. The smallest absolute Gasteiger partial charge is 0.0105 e. The van der Waals surface area contributed by atoms with Gasteiger partial charge in [0.2, 0.25) is 0 Å². The van der Waals surface area contributed by atoms with Crippen LogP contribution in [-0.2, 0) is 0 Å². The van der Waals surface area contributed by atoms with Crippen LogP contribution in [-0.4, -0.2) is 38.1 Å². The van der Waals surface area contributed by atoms with Crippen molar-refractivity contribution < 1.29 is 0 Å². The minimum Gasteiger partial charge on any atom is -0.317 e. The Hall–Kier alpha value is -0.0800. The molecule has 0 aromatic rings. The van der Waals surface area contributed by atoms with Gasteiger partial charge in [0.1, 0.15) is 0 Å². The van der Waals surface area contributed by atoms with Gasteiger partial charge in [0.15, 0.2) is 0 Å². The first-order valence-corrected chi connectivity index (χ1v) is 7.77. The van der Waals surface area contributed by atoms with Crippen LogP contribution in [0.1, 0.15) is 46.5 Å². The highest BCUT2D eigenvalue weighted by atomic mass is 15.1. The predicted octanol–water partition coefficient (Wildman–Crippen LogP) is 2.99. The molecule has 2 saturated carbocycles. The molecule has 0 aliphatic heterocycles. The SMILES string of the molecule is CNC1CCC(C)(C)CC1CN(C)CC1CC1C. The summed E-state index contributed by atoms with van der Waals surface area (Å²) in [6.45, 7) is 9.86. The maximum Gasteiger partial charge on any atom is 0.0105 e. The van der Waals surface area contributed by atoms with Crippen LogP contribution in [0.2, 0.25) is 0 Å². The Labute approximate surface area is 114 Å². The molecule has 1 N–H and O–H groups in total. The zero-order chi connectivity index (χ0) is 13.3. The maximum atomic E-state index is 3.55. The van der Waals surface area contributed by atoms with E-state index < -0.39 is 0 Å². The number of hydrogen-bond acceptors (Lipinski definition) is 2. The highest BCUT2D eigenvalue weighted by Gasteiger charge is 2.37. The summed E-state index contributed by atoms with van der Waals surface area (Å²) in [7, 11) is 4.46. The zero-order valence-corrected chi connectivity index (χ0v) is 13.0. The summed E-state index contributed by atoms with van der Waals surface area (Å²) in [6.07, 6.45) is 5.55. The van der Waals surface area contributed by atoms with Gasteiger partial charge >= 0.3 is 0 Å². The summed E-state index contributed by atoms with van der Waals surface area (Å²) in [5.74, 6) is 2.80. The van der Waals surface area contributed by atoms with Gasteiger partial charge in [0, 0.05) is 19.1 Å². The van der Waals surface area contributed by atoms with Crippen molar-refractivity contribution in [3.63, 3.8) is 0 Å². The van der Waals surface area contributed by atoms with Crippen molar-refractivity contribution >= 4 is 0 Å². The largest absolute Gasteiger partial charge is 0.317 e. The van der Waals surface area contributed by atoms with E-state index in [0.29, 0.717) is 5.41 Å². The van der Waals surface area contributed by atoms with E-state index >= 15 is 0 Å². The maximum absolute atomic E-state index is 3.55. The van der Waals surface area contributed by atoms with Gasteiger partial charge in [-0.05, 0) is 62.9 Å². The molecule has 0 bridgehead atoms. The van der Waals surface area contributed by atoms with Crippen molar-refractivity contribution in [2.24, 2.45) is 23.2 Å². The molecule has 2 rings (SSSR count). The van der Waals surface area contributed by atoms with Crippen molar-refractivity contribution in [3.8, 4) is 0 Å². The highest BCUT2D eigenvalue weighted by molar-refractivity contribution is 4.91. The molecule has 0 heterocycles. The van der Waals surface area contributed by atoms with Crippen LogP contribution in [0.4, 0.5) is 0 Å². The molecule has 0 radical (unpaired) electrons. The summed E-state index contributed by atoms with van der Waals surface area (Å²) < 4.78 is 0. The molecule has 0 spiro atoms. The topological polar surface area (TPSA) is 15.3 Å². The molecule has 106 valence electrons. The van der Waals surface area contributed by atoms with E-state index in [1.807, 2.05) is 0 Å². The molecular weight excluding hydrogens is 220 g/mol. The minimum absolute atomic E-state index is 0.547. The van der Waals surface area contributed by atoms with E-state index in [-0.39, 0.29) is 0 Å². The van der Waals surface area contributed by atoms with E-state index in [1.165, 1.54) is 38.8 Å². The van der Waals surface area contributed by atoms with Gasteiger partial charge in [-0.3, -0.25) is 0 Å². The summed E-state index contributed by atoms with van der Waals surface area (Å²) in [5, 5.41) is 3.55.